The molecule has 0 amide bonds. The van der Waals surface area contributed by atoms with E-state index >= 15 is 0 Å². The summed E-state index contributed by atoms with van der Waals surface area (Å²) >= 11 is 0. The van der Waals surface area contributed by atoms with Gasteiger partial charge in [-0.3, -0.25) is 0 Å². The maximum absolute atomic E-state index is 6.20. The van der Waals surface area contributed by atoms with Crippen molar-refractivity contribution in [3.05, 3.63) is 24.2 Å². The summed E-state index contributed by atoms with van der Waals surface area (Å²) in [4.78, 5) is 0. The summed E-state index contributed by atoms with van der Waals surface area (Å²) in [6, 6.07) is 4.19. The van der Waals surface area contributed by atoms with Crippen molar-refractivity contribution in [1.82, 2.24) is 5.32 Å². The molecule has 0 radical (unpaired) electrons. The van der Waals surface area contributed by atoms with E-state index in [2.05, 4.69) is 33.0 Å². The van der Waals surface area contributed by atoms with Crippen LogP contribution in [0.5, 0.6) is 0 Å². The Morgan fingerprint density at radius 1 is 1.33 bits per heavy atom. The van der Waals surface area contributed by atoms with Gasteiger partial charge in [0.05, 0.1) is 25.0 Å². The zero-order valence-corrected chi connectivity index (χ0v) is 14.0. The van der Waals surface area contributed by atoms with Gasteiger partial charge in [-0.15, -0.1) is 0 Å². The molecule has 2 rings (SSSR count). The van der Waals surface area contributed by atoms with Crippen LogP contribution in [-0.2, 0) is 4.74 Å². The zero-order valence-electron chi connectivity index (χ0n) is 14.0. The van der Waals surface area contributed by atoms with E-state index in [0.29, 0.717) is 6.10 Å². The highest BCUT2D eigenvalue weighted by molar-refractivity contribution is 5.02. The van der Waals surface area contributed by atoms with Gasteiger partial charge in [0.25, 0.3) is 0 Å². The van der Waals surface area contributed by atoms with Crippen LogP contribution in [0.2, 0.25) is 0 Å². The maximum atomic E-state index is 6.20. The molecule has 0 aliphatic heterocycles. The van der Waals surface area contributed by atoms with Crippen molar-refractivity contribution in [2.45, 2.75) is 59.1 Å². The Hall–Kier alpha value is -0.800. The lowest BCUT2D eigenvalue weighted by molar-refractivity contribution is -0.0372. The summed E-state index contributed by atoms with van der Waals surface area (Å²) in [6.07, 6.45) is 6.06. The van der Waals surface area contributed by atoms with Crippen LogP contribution in [0.3, 0.4) is 0 Å². The van der Waals surface area contributed by atoms with Crippen molar-refractivity contribution >= 4 is 0 Å². The minimum atomic E-state index is 0.245. The number of rotatable bonds is 7. The molecule has 21 heavy (non-hydrogen) atoms. The number of furan rings is 1. The molecule has 4 unspecified atom stereocenters. The van der Waals surface area contributed by atoms with Crippen LogP contribution in [0.25, 0.3) is 0 Å². The molecule has 1 aliphatic rings. The Balaban J connectivity index is 1.71. The van der Waals surface area contributed by atoms with E-state index in [-0.39, 0.29) is 6.04 Å². The molecule has 1 N–H and O–H groups in total. The van der Waals surface area contributed by atoms with Crippen LogP contribution in [0, 0.1) is 17.8 Å². The number of ether oxygens (including phenoxy) is 1. The molecule has 4 atom stereocenters. The fourth-order valence-corrected chi connectivity index (χ4v) is 3.43. The Bertz CT molecular complexity index is 388. The van der Waals surface area contributed by atoms with Crippen LogP contribution in [0.15, 0.2) is 22.8 Å². The fourth-order valence-electron chi connectivity index (χ4n) is 3.43. The highest BCUT2D eigenvalue weighted by Crippen LogP contribution is 2.35. The number of hydrogen-bond acceptors (Lipinski definition) is 3. The standard InChI is InChI=1S/C18H31NO2/c1-13(2)16-8-7-14(3)12-18(16)21-11-9-19-15(4)17-6-5-10-20-17/h5-6,10,13-16,18-19H,7-9,11-12H2,1-4H3. The van der Waals surface area contributed by atoms with Gasteiger partial charge in [0.15, 0.2) is 0 Å². The first-order valence-electron chi connectivity index (χ1n) is 8.46. The highest BCUT2D eigenvalue weighted by atomic mass is 16.5. The average Bonchev–Trinajstić information content (AvgIpc) is 2.97. The first-order chi connectivity index (χ1) is 10.1. The summed E-state index contributed by atoms with van der Waals surface area (Å²) in [5.41, 5.74) is 0. The van der Waals surface area contributed by atoms with Gasteiger partial charge in [-0.25, -0.2) is 0 Å². The molecule has 0 saturated heterocycles. The fraction of sp³-hybridized carbons (Fsp3) is 0.778. The van der Waals surface area contributed by atoms with E-state index in [4.69, 9.17) is 9.15 Å². The largest absolute Gasteiger partial charge is 0.468 e. The SMILES string of the molecule is CC1CCC(C(C)C)C(OCCNC(C)c2ccco2)C1. The summed E-state index contributed by atoms with van der Waals surface area (Å²) in [7, 11) is 0. The minimum Gasteiger partial charge on any atom is -0.468 e. The van der Waals surface area contributed by atoms with Crippen LogP contribution < -0.4 is 5.32 Å². The maximum Gasteiger partial charge on any atom is 0.120 e. The average molecular weight is 293 g/mol. The van der Waals surface area contributed by atoms with Crippen molar-refractivity contribution in [3.8, 4) is 0 Å². The predicted octanol–water partition coefficient (Wildman–Crippen LogP) is 4.41. The molecule has 0 spiro atoms. The highest BCUT2D eigenvalue weighted by Gasteiger charge is 2.31. The molecule has 1 heterocycles. The van der Waals surface area contributed by atoms with Crippen molar-refractivity contribution < 1.29 is 9.15 Å². The van der Waals surface area contributed by atoms with Crippen LogP contribution in [0.4, 0.5) is 0 Å². The second-order valence-corrected chi connectivity index (χ2v) is 6.93. The van der Waals surface area contributed by atoms with Crippen LogP contribution in [-0.4, -0.2) is 19.3 Å². The number of hydrogen-bond donors (Lipinski definition) is 1. The molecule has 3 heteroatoms. The third kappa shape index (κ3) is 4.86. The normalized spacial score (nSPS) is 28.0. The Labute approximate surface area is 129 Å². The first kappa shape index (κ1) is 16.6. The Morgan fingerprint density at radius 2 is 2.14 bits per heavy atom. The van der Waals surface area contributed by atoms with Gasteiger partial charge in [-0.1, -0.05) is 27.2 Å². The minimum absolute atomic E-state index is 0.245. The zero-order chi connectivity index (χ0) is 15.2. The molecular formula is C18H31NO2. The van der Waals surface area contributed by atoms with Crippen molar-refractivity contribution in [3.63, 3.8) is 0 Å². The predicted molar refractivity (Wildman–Crippen MR) is 86.2 cm³/mol. The molecule has 0 aromatic carbocycles. The molecule has 1 aliphatic carbocycles. The quantitative estimate of drug-likeness (QED) is 0.756. The van der Waals surface area contributed by atoms with Crippen molar-refractivity contribution in [2.75, 3.05) is 13.2 Å². The van der Waals surface area contributed by atoms with E-state index < -0.39 is 0 Å². The van der Waals surface area contributed by atoms with Gasteiger partial charge in [0.2, 0.25) is 0 Å². The third-order valence-corrected chi connectivity index (χ3v) is 4.82. The molecular weight excluding hydrogens is 262 g/mol. The molecule has 1 saturated carbocycles. The lowest BCUT2D eigenvalue weighted by Crippen LogP contribution is -2.36. The van der Waals surface area contributed by atoms with Crippen LogP contribution in [0.1, 0.15) is 58.8 Å². The van der Waals surface area contributed by atoms with Crippen molar-refractivity contribution in [1.29, 1.82) is 0 Å². The van der Waals surface area contributed by atoms with Crippen molar-refractivity contribution in [2.24, 2.45) is 17.8 Å². The molecule has 3 nitrogen and oxygen atoms in total. The Kier molecular flexibility index (Phi) is 6.31. The molecule has 0 bridgehead atoms. The lowest BCUT2D eigenvalue weighted by atomic mass is 9.75. The molecule has 1 aromatic rings. The third-order valence-electron chi connectivity index (χ3n) is 4.82. The summed E-state index contributed by atoms with van der Waals surface area (Å²) < 4.78 is 11.6. The monoisotopic (exact) mass is 293 g/mol. The van der Waals surface area contributed by atoms with E-state index in [1.165, 1.54) is 19.3 Å². The van der Waals surface area contributed by atoms with Gasteiger partial charge < -0.3 is 14.5 Å². The van der Waals surface area contributed by atoms with E-state index in [9.17, 15) is 0 Å². The van der Waals surface area contributed by atoms with Gasteiger partial charge in [-0.2, -0.15) is 0 Å². The smallest absolute Gasteiger partial charge is 0.120 e. The Morgan fingerprint density at radius 3 is 2.81 bits per heavy atom. The van der Waals surface area contributed by atoms with Gasteiger partial charge in [0, 0.05) is 6.54 Å². The topological polar surface area (TPSA) is 34.4 Å². The van der Waals surface area contributed by atoms with Gasteiger partial charge in [0.1, 0.15) is 5.76 Å². The summed E-state index contributed by atoms with van der Waals surface area (Å²) in [6.45, 7) is 10.8. The van der Waals surface area contributed by atoms with Gasteiger partial charge in [-0.05, 0) is 49.7 Å². The van der Waals surface area contributed by atoms with E-state index in [1.807, 2.05) is 12.1 Å². The second kappa shape index (κ2) is 8.00. The molecule has 1 aromatic heterocycles. The summed E-state index contributed by atoms with van der Waals surface area (Å²) in [5.74, 6) is 3.24. The molecule has 1 fully saturated rings. The van der Waals surface area contributed by atoms with Crippen LogP contribution >= 0.6 is 0 Å². The van der Waals surface area contributed by atoms with E-state index in [1.54, 1.807) is 6.26 Å². The molecule has 120 valence electrons. The first-order valence-corrected chi connectivity index (χ1v) is 8.46. The second-order valence-electron chi connectivity index (χ2n) is 6.93. The number of nitrogens with one attached hydrogen (secondary N) is 1. The summed E-state index contributed by atoms with van der Waals surface area (Å²) in [5, 5.41) is 3.46. The van der Waals surface area contributed by atoms with Gasteiger partial charge >= 0.3 is 0 Å². The van der Waals surface area contributed by atoms with E-state index in [0.717, 1.165) is 36.7 Å². The lowest BCUT2D eigenvalue weighted by Gasteiger charge is -2.37.